The van der Waals surface area contributed by atoms with Gasteiger partial charge in [-0.05, 0) is 24.6 Å². The molecule has 1 amide bonds. The molecule has 0 unspecified atom stereocenters. The third-order valence-corrected chi connectivity index (χ3v) is 6.98. The molecule has 1 heterocycles. The number of sulfonamides is 1. The van der Waals surface area contributed by atoms with Crippen LogP contribution in [0, 0.1) is 6.92 Å². The van der Waals surface area contributed by atoms with Crippen molar-refractivity contribution >= 4 is 16.1 Å². The monoisotopic (exact) mass is 431 g/mol. The van der Waals surface area contributed by atoms with E-state index < -0.39 is 21.7 Å². The number of likely N-dealkylation sites (tertiary alicyclic amines) is 1. The molecule has 1 aliphatic heterocycles. The molecular formula is C22H29N3O4S. The van der Waals surface area contributed by atoms with E-state index >= 15 is 0 Å². The van der Waals surface area contributed by atoms with E-state index in [2.05, 4.69) is 9.62 Å². The topological polar surface area (TPSA) is 102 Å². The lowest BCUT2D eigenvalue weighted by Crippen LogP contribution is -2.50. The van der Waals surface area contributed by atoms with E-state index in [0.717, 1.165) is 11.1 Å². The van der Waals surface area contributed by atoms with Crippen LogP contribution in [0.15, 0.2) is 59.5 Å². The Hall–Kier alpha value is -2.42. The maximum atomic E-state index is 12.4. The van der Waals surface area contributed by atoms with Gasteiger partial charge in [0.05, 0.1) is 4.90 Å². The zero-order valence-corrected chi connectivity index (χ0v) is 18.0. The van der Waals surface area contributed by atoms with Gasteiger partial charge in [0.1, 0.15) is 5.60 Å². The van der Waals surface area contributed by atoms with Gasteiger partial charge in [0, 0.05) is 45.4 Å². The highest BCUT2D eigenvalue weighted by Gasteiger charge is 2.38. The average Bonchev–Trinajstić information content (AvgIpc) is 2.70. The molecule has 0 aromatic heterocycles. The Kier molecular flexibility index (Phi) is 7.12. The molecule has 0 spiro atoms. The SMILES string of the molecule is Cc1ccc(S(=O)(=O)NCCN2CCC(Cc3ccccc3)(OC(N)=O)CC2)cc1. The Morgan fingerprint density at radius 3 is 2.33 bits per heavy atom. The molecule has 1 aliphatic rings. The Labute approximate surface area is 178 Å². The van der Waals surface area contributed by atoms with Crippen LogP contribution in [0.3, 0.4) is 0 Å². The number of nitrogens with one attached hydrogen (secondary N) is 1. The number of nitrogens with zero attached hydrogens (tertiary/aromatic N) is 1. The number of primary amides is 1. The third kappa shape index (κ3) is 6.04. The second-order valence-electron chi connectivity index (χ2n) is 7.82. The van der Waals surface area contributed by atoms with Gasteiger partial charge >= 0.3 is 6.09 Å². The van der Waals surface area contributed by atoms with Crippen molar-refractivity contribution in [1.29, 1.82) is 0 Å². The lowest BCUT2D eigenvalue weighted by molar-refractivity contribution is -0.0311. The number of ether oxygens (including phenoxy) is 1. The number of hydrogen-bond donors (Lipinski definition) is 2. The van der Waals surface area contributed by atoms with Gasteiger partial charge in [-0.2, -0.15) is 0 Å². The summed E-state index contributed by atoms with van der Waals surface area (Å²) in [5, 5.41) is 0. The zero-order chi connectivity index (χ0) is 21.6. The van der Waals surface area contributed by atoms with Gasteiger partial charge < -0.3 is 15.4 Å². The van der Waals surface area contributed by atoms with Crippen molar-refractivity contribution in [2.24, 2.45) is 5.73 Å². The minimum atomic E-state index is -3.52. The van der Waals surface area contributed by atoms with Crippen molar-refractivity contribution < 1.29 is 17.9 Å². The first-order valence-corrected chi connectivity index (χ1v) is 11.6. The summed E-state index contributed by atoms with van der Waals surface area (Å²) in [6, 6.07) is 16.7. The van der Waals surface area contributed by atoms with Gasteiger partial charge in [-0.3, -0.25) is 0 Å². The first kappa shape index (κ1) is 22.3. The van der Waals surface area contributed by atoms with Gasteiger partial charge in [0.25, 0.3) is 0 Å². The summed E-state index contributed by atoms with van der Waals surface area (Å²) in [4.78, 5) is 13.9. The van der Waals surface area contributed by atoms with E-state index in [-0.39, 0.29) is 4.90 Å². The van der Waals surface area contributed by atoms with Gasteiger partial charge in [-0.15, -0.1) is 0 Å². The van der Waals surface area contributed by atoms with Gasteiger partial charge in [0.15, 0.2) is 0 Å². The van der Waals surface area contributed by atoms with E-state index in [9.17, 15) is 13.2 Å². The van der Waals surface area contributed by atoms with Crippen LogP contribution in [0.25, 0.3) is 0 Å². The van der Waals surface area contributed by atoms with Crippen molar-refractivity contribution in [2.75, 3.05) is 26.2 Å². The quantitative estimate of drug-likeness (QED) is 0.668. The molecule has 3 rings (SSSR count). The molecule has 0 saturated carbocycles. The number of rotatable bonds is 8. The smallest absolute Gasteiger partial charge is 0.405 e. The molecule has 1 saturated heterocycles. The molecule has 0 radical (unpaired) electrons. The van der Waals surface area contributed by atoms with Gasteiger partial charge in [0.2, 0.25) is 10.0 Å². The van der Waals surface area contributed by atoms with E-state index in [1.807, 2.05) is 37.3 Å². The molecule has 1 fully saturated rings. The predicted octanol–water partition coefficient (Wildman–Crippen LogP) is 2.45. The van der Waals surface area contributed by atoms with Crippen LogP contribution in [-0.2, 0) is 21.2 Å². The highest BCUT2D eigenvalue weighted by Crippen LogP contribution is 2.30. The first-order chi connectivity index (χ1) is 14.3. The van der Waals surface area contributed by atoms with Gasteiger partial charge in [-0.25, -0.2) is 17.9 Å². The van der Waals surface area contributed by atoms with Crippen molar-refractivity contribution in [3.8, 4) is 0 Å². The second kappa shape index (κ2) is 9.59. The maximum Gasteiger partial charge on any atom is 0.405 e. The summed E-state index contributed by atoms with van der Waals surface area (Å²) < 4.78 is 33.0. The second-order valence-corrected chi connectivity index (χ2v) is 9.59. The molecule has 162 valence electrons. The molecule has 30 heavy (non-hydrogen) atoms. The summed E-state index contributed by atoms with van der Waals surface area (Å²) in [6.45, 7) is 4.22. The van der Waals surface area contributed by atoms with Crippen LogP contribution in [0.1, 0.15) is 24.0 Å². The van der Waals surface area contributed by atoms with E-state index in [0.29, 0.717) is 45.4 Å². The molecule has 0 bridgehead atoms. The molecule has 2 aromatic rings. The summed E-state index contributed by atoms with van der Waals surface area (Å²) in [5.41, 5.74) is 6.83. The molecular weight excluding hydrogens is 402 g/mol. The summed E-state index contributed by atoms with van der Waals surface area (Å²) >= 11 is 0. The Bertz CT molecular complexity index is 938. The minimum Gasteiger partial charge on any atom is -0.443 e. The van der Waals surface area contributed by atoms with Crippen molar-refractivity contribution in [2.45, 2.75) is 36.7 Å². The van der Waals surface area contributed by atoms with Crippen molar-refractivity contribution in [1.82, 2.24) is 9.62 Å². The average molecular weight is 432 g/mol. The number of aryl methyl sites for hydroxylation is 1. The summed E-state index contributed by atoms with van der Waals surface area (Å²) in [5.74, 6) is 0. The van der Waals surface area contributed by atoms with Crippen molar-refractivity contribution in [3.05, 3.63) is 65.7 Å². The Balaban J connectivity index is 1.53. The molecule has 0 atom stereocenters. The largest absolute Gasteiger partial charge is 0.443 e. The number of piperidine rings is 1. The lowest BCUT2D eigenvalue weighted by atomic mass is 9.85. The van der Waals surface area contributed by atoms with Crippen LogP contribution in [-0.4, -0.2) is 51.2 Å². The number of carbonyl (C=O) groups excluding carboxylic acids is 1. The maximum absolute atomic E-state index is 12.4. The van der Waals surface area contributed by atoms with E-state index in [1.54, 1.807) is 24.3 Å². The molecule has 2 aromatic carbocycles. The number of nitrogens with two attached hydrogens (primary N) is 1. The van der Waals surface area contributed by atoms with Crippen molar-refractivity contribution in [3.63, 3.8) is 0 Å². The van der Waals surface area contributed by atoms with E-state index in [1.165, 1.54) is 0 Å². The highest BCUT2D eigenvalue weighted by molar-refractivity contribution is 7.89. The van der Waals surface area contributed by atoms with E-state index in [4.69, 9.17) is 10.5 Å². The standard InChI is InChI=1S/C22H29N3O4S/c1-18-7-9-20(10-8-18)30(27,28)24-13-16-25-14-11-22(12-15-25,29-21(23)26)17-19-5-3-2-4-6-19/h2-10,24H,11-17H2,1H3,(H2,23,26). The lowest BCUT2D eigenvalue weighted by Gasteiger charge is -2.41. The normalized spacial score (nSPS) is 16.8. The molecule has 3 N–H and O–H groups in total. The summed E-state index contributed by atoms with van der Waals surface area (Å²) in [7, 11) is -3.52. The van der Waals surface area contributed by atoms with Crippen LogP contribution >= 0.6 is 0 Å². The minimum absolute atomic E-state index is 0.267. The van der Waals surface area contributed by atoms with Crippen LogP contribution in [0.4, 0.5) is 4.79 Å². The van der Waals surface area contributed by atoms with Crippen LogP contribution in [0.2, 0.25) is 0 Å². The number of benzene rings is 2. The highest BCUT2D eigenvalue weighted by atomic mass is 32.2. The number of hydrogen-bond acceptors (Lipinski definition) is 5. The van der Waals surface area contributed by atoms with Gasteiger partial charge in [-0.1, -0.05) is 48.0 Å². The fourth-order valence-corrected chi connectivity index (χ4v) is 4.84. The fraction of sp³-hybridized carbons (Fsp3) is 0.409. The Morgan fingerprint density at radius 2 is 1.73 bits per heavy atom. The first-order valence-electron chi connectivity index (χ1n) is 10.1. The molecule has 7 nitrogen and oxygen atoms in total. The molecule has 0 aliphatic carbocycles. The number of carbonyl (C=O) groups is 1. The van der Waals surface area contributed by atoms with Crippen LogP contribution in [0.5, 0.6) is 0 Å². The number of amides is 1. The Morgan fingerprint density at radius 1 is 1.10 bits per heavy atom. The zero-order valence-electron chi connectivity index (χ0n) is 17.2. The third-order valence-electron chi connectivity index (χ3n) is 5.50. The fourth-order valence-electron chi connectivity index (χ4n) is 3.82. The summed E-state index contributed by atoms with van der Waals surface area (Å²) in [6.07, 6.45) is 1.15. The predicted molar refractivity (Wildman–Crippen MR) is 116 cm³/mol. The van der Waals surface area contributed by atoms with Crippen LogP contribution < -0.4 is 10.5 Å². The molecule has 8 heteroatoms.